The molecular formula is C16H18N2OS. The van der Waals surface area contributed by atoms with Crippen LogP contribution in [0.15, 0.2) is 42.5 Å². The normalized spacial score (nSPS) is 12.5. The molecule has 0 spiro atoms. The summed E-state index contributed by atoms with van der Waals surface area (Å²) in [7, 11) is 0. The van der Waals surface area contributed by atoms with Gasteiger partial charge in [-0.05, 0) is 49.8 Å². The van der Waals surface area contributed by atoms with Crippen molar-refractivity contribution in [1.82, 2.24) is 5.32 Å². The zero-order valence-corrected chi connectivity index (χ0v) is 12.4. The Hall–Kier alpha value is -2.07. The highest BCUT2D eigenvalue weighted by molar-refractivity contribution is 7.12. The Balaban J connectivity index is 1.95. The second-order valence-electron chi connectivity index (χ2n) is 4.68. The van der Waals surface area contributed by atoms with Crippen LogP contribution in [0.5, 0.6) is 0 Å². The molecule has 0 aliphatic carbocycles. The molecule has 0 saturated heterocycles. The van der Waals surface area contributed by atoms with Crippen LogP contribution >= 0.6 is 11.3 Å². The molecule has 1 unspecified atom stereocenters. The van der Waals surface area contributed by atoms with Gasteiger partial charge in [-0.25, -0.2) is 0 Å². The Labute approximate surface area is 123 Å². The summed E-state index contributed by atoms with van der Waals surface area (Å²) < 4.78 is 0. The van der Waals surface area contributed by atoms with E-state index in [-0.39, 0.29) is 11.9 Å². The second-order valence-corrected chi connectivity index (χ2v) is 6.00. The number of nitrogens with one attached hydrogen (secondary N) is 1. The van der Waals surface area contributed by atoms with Gasteiger partial charge in [-0.1, -0.05) is 12.1 Å². The molecule has 1 heterocycles. The third kappa shape index (κ3) is 3.96. The number of nitrogens with two attached hydrogens (primary N) is 1. The molecule has 0 bridgehead atoms. The molecule has 2 aromatic rings. The number of rotatable bonds is 4. The topological polar surface area (TPSA) is 55.1 Å². The van der Waals surface area contributed by atoms with Gasteiger partial charge >= 0.3 is 0 Å². The Morgan fingerprint density at radius 2 is 2.15 bits per heavy atom. The summed E-state index contributed by atoms with van der Waals surface area (Å²) in [5, 5.41) is 2.95. The van der Waals surface area contributed by atoms with Crippen LogP contribution in [0.25, 0.3) is 6.08 Å². The van der Waals surface area contributed by atoms with E-state index in [0.717, 1.165) is 10.4 Å². The van der Waals surface area contributed by atoms with Crippen LogP contribution in [-0.2, 0) is 4.79 Å². The molecule has 4 heteroatoms. The van der Waals surface area contributed by atoms with Gasteiger partial charge < -0.3 is 11.1 Å². The van der Waals surface area contributed by atoms with Gasteiger partial charge in [0.2, 0.25) is 5.91 Å². The number of hydrogen-bond acceptors (Lipinski definition) is 3. The molecule has 1 amide bonds. The fourth-order valence-electron chi connectivity index (χ4n) is 1.85. The Bertz CT molecular complexity index is 631. The van der Waals surface area contributed by atoms with Crippen LogP contribution in [-0.4, -0.2) is 5.91 Å². The Morgan fingerprint density at radius 3 is 2.80 bits per heavy atom. The summed E-state index contributed by atoms with van der Waals surface area (Å²) in [4.78, 5) is 14.3. The highest BCUT2D eigenvalue weighted by Crippen LogP contribution is 2.22. The van der Waals surface area contributed by atoms with Crippen molar-refractivity contribution in [3.8, 4) is 0 Å². The van der Waals surface area contributed by atoms with Crippen molar-refractivity contribution in [2.24, 2.45) is 0 Å². The molecule has 0 aliphatic rings. The standard InChI is InChI=1S/C16H18N2OS/c1-11-6-8-15(20-11)12(2)18-16(19)9-7-13-4-3-5-14(17)10-13/h3-10,12H,17H2,1-2H3,(H,18,19)/b9-7+. The monoisotopic (exact) mass is 286 g/mol. The van der Waals surface area contributed by atoms with Crippen molar-refractivity contribution in [2.45, 2.75) is 19.9 Å². The van der Waals surface area contributed by atoms with Crippen LogP contribution in [0.1, 0.15) is 28.3 Å². The highest BCUT2D eigenvalue weighted by Gasteiger charge is 2.09. The maximum atomic E-state index is 11.9. The highest BCUT2D eigenvalue weighted by atomic mass is 32.1. The van der Waals surface area contributed by atoms with Crippen LogP contribution in [0, 0.1) is 6.92 Å². The van der Waals surface area contributed by atoms with Gasteiger partial charge in [0, 0.05) is 21.5 Å². The zero-order valence-electron chi connectivity index (χ0n) is 11.6. The average Bonchev–Trinajstić information content (AvgIpc) is 2.83. The average molecular weight is 286 g/mol. The van der Waals surface area contributed by atoms with Gasteiger partial charge in [0.25, 0.3) is 0 Å². The summed E-state index contributed by atoms with van der Waals surface area (Å²) in [6.45, 7) is 4.04. The number of carbonyl (C=O) groups excluding carboxylic acids is 1. The van der Waals surface area contributed by atoms with E-state index in [9.17, 15) is 4.79 Å². The first-order valence-corrected chi connectivity index (χ1v) is 7.26. The van der Waals surface area contributed by atoms with Crippen molar-refractivity contribution in [3.05, 3.63) is 57.8 Å². The van der Waals surface area contributed by atoms with E-state index in [0.29, 0.717) is 5.69 Å². The minimum absolute atomic E-state index is 0.0201. The summed E-state index contributed by atoms with van der Waals surface area (Å²) in [5.74, 6) is -0.106. The largest absolute Gasteiger partial charge is 0.399 e. The summed E-state index contributed by atoms with van der Waals surface area (Å²) in [5.41, 5.74) is 7.30. The second kappa shape index (κ2) is 6.39. The lowest BCUT2D eigenvalue weighted by Gasteiger charge is -2.10. The molecule has 0 fully saturated rings. The smallest absolute Gasteiger partial charge is 0.244 e. The van der Waals surface area contributed by atoms with E-state index < -0.39 is 0 Å². The Morgan fingerprint density at radius 1 is 1.35 bits per heavy atom. The molecule has 1 aromatic heterocycles. The first-order valence-electron chi connectivity index (χ1n) is 6.45. The van der Waals surface area contributed by atoms with Crippen molar-refractivity contribution in [2.75, 3.05) is 5.73 Å². The van der Waals surface area contributed by atoms with Gasteiger partial charge in [0.1, 0.15) is 0 Å². The number of anilines is 1. The van der Waals surface area contributed by atoms with E-state index in [4.69, 9.17) is 5.73 Å². The van der Waals surface area contributed by atoms with Crippen LogP contribution in [0.2, 0.25) is 0 Å². The number of carbonyl (C=O) groups is 1. The van der Waals surface area contributed by atoms with Crippen molar-refractivity contribution in [1.29, 1.82) is 0 Å². The number of thiophene rings is 1. The maximum Gasteiger partial charge on any atom is 0.244 e. The van der Waals surface area contributed by atoms with E-state index in [1.54, 1.807) is 17.4 Å². The van der Waals surface area contributed by atoms with Gasteiger partial charge in [-0.3, -0.25) is 4.79 Å². The minimum atomic E-state index is -0.106. The molecule has 1 aromatic carbocycles. The lowest BCUT2D eigenvalue weighted by atomic mass is 10.2. The van der Waals surface area contributed by atoms with Gasteiger partial charge in [0.15, 0.2) is 0 Å². The van der Waals surface area contributed by atoms with Crippen molar-refractivity contribution in [3.63, 3.8) is 0 Å². The molecule has 2 rings (SSSR count). The van der Waals surface area contributed by atoms with Crippen molar-refractivity contribution < 1.29 is 4.79 Å². The van der Waals surface area contributed by atoms with E-state index in [1.807, 2.05) is 37.3 Å². The van der Waals surface area contributed by atoms with Crippen LogP contribution in [0.3, 0.4) is 0 Å². The molecule has 20 heavy (non-hydrogen) atoms. The van der Waals surface area contributed by atoms with Gasteiger partial charge in [-0.15, -0.1) is 11.3 Å². The fourth-order valence-corrected chi connectivity index (χ4v) is 2.73. The van der Waals surface area contributed by atoms with Crippen LogP contribution in [0.4, 0.5) is 5.69 Å². The van der Waals surface area contributed by atoms with Gasteiger partial charge in [-0.2, -0.15) is 0 Å². The molecule has 0 radical (unpaired) electrons. The third-order valence-corrected chi connectivity index (χ3v) is 4.07. The summed E-state index contributed by atoms with van der Waals surface area (Å²) in [6, 6.07) is 11.6. The van der Waals surface area contributed by atoms with E-state index in [2.05, 4.69) is 18.3 Å². The van der Waals surface area contributed by atoms with Crippen molar-refractivity contribution >= 4 is 29.0 Å². The lowest BCUT2D eigenvalue weighted by molar-refractivity contribution is -0.117. The van der Waals surface area contributed by atoms with E-state index in [1.165, 1.54) is 11.0 Å². The SMILES string of the molecule is Cc1ccc(C(C)NC(=O)/C=C/c2cccc(N)c2)s1. The van der Waals surface area contributed by atoms with Crippen LogP contribution < -0.4 is 11.1 Å². The minimum Gasteiger partial charge on any atom is -0.399 e. The third-order valence-electron chi connectivity index (χ3n) is 2.88. The molecule has 1 atom stereocenters. The molecular weight excluding hydrogens is 268 g/mol. The predicted molar refractivity (Wildman–Crippen MR) is 85.5 cm³/mol. The molecule has 0 saturated carbocycles. The zero-order chi connectivity index (χ0) is 14.5. The number of aryl methyl sites for hydroxylation is 1. The number of hydrogen-bond donors (Lipinski definition) is 2. The van der Waals surface area contributed by atoms with E-state index >= 15 is 0 Å². The first-order chi connectivity index (χ1) is 9.54. The van der Waals surface area contributed by atoms with Gasteiger partial charge in [0.05, 0.1) is 6.04 Å². The lowest BCUT2D eigenvalue weighted by Crippen LogP contribution is -2.23. The summed E-state index contributed by atoms with van der Waals surface area (Å²) in [6.07, 6.45) is 3.30. The molecule has 3 N–H and O–H groups in total. The molecule has 3 nitrogen and oxygen atoms in total. The molecule has 104 valence electrons. The quantitative estimate of drug-likeness (QED) is 0.667. The predicted octanol–water partition coefficient (Wildman–Crippen LogP) is 3.53. The maximum absolute atomic E-state index is 11.9. The number of nitrogen functional groups attached to an aromatic ring is 1. The molecule has 0 aliphatic heterocycles. The number of benzene rings is 1. The number of amides is 1. The fraction of sp³-hybridized carbons (Fsp3) is 0.188. The summed E-state index contributed by atoms with van der Waals surface area (Å²) >= 11 is 1.70. The Kier molecular flexibility index (Phi) is 4.58. The first kappa shape index (κ1) is 14.3.